The van der Waals surface area contributed by atoms with Crippen molar-refractivity contribution in [2.75, 3.05) is 6.61 Å². The Hall–Kier alpha value is -3.12. The minimum absolute atomic E-state index is 0.0349. The summed E-state index contributed by atoms with van der Waals surface area (Å²) in [5, 5.41) is 9.29. The van der Waals surface area contributed by atoms with Crippen LogP contribution in [0.3, 0.4) is 0 Å². The summed E-state index contributed by atoms with van der Waals surface area (Å²) in [5.41, 5.74) is 1.59. The highest BCUT2D eigenvalue weighted by Crippen LogP contribution is 2.33. The zero-order chi connectivity index (χ0) is 20.6. The van der Waals surface area contributed by atoms with E-state index >= 15 is 0 Å². The number of halogens is 2. The first-order valence-corrected chi connectivity index (χ1v) is 9.02. The molecule has 3 aromatic rings. The molecule has 0 aliphatic rings. The van der Waals surface area contributed by atoms with Crippen molar-refractivity contribution in [3.8, 4) is 17.2 Å². The average molecular weight is 399 g/mol. The van der Waals surface area contributed by atoms with Gasteiger partial charge in [0.15, 0.2) is 11.5 Å². The number of benzene rings is 3. The molecule has 151 valence electrons. The molecule has 0 aliphatic heterocycles. The fourth-order valence-corrected chi connectivity index (χ4v) is 2.49. The Balaban J connectivity index is 1.73. The Morgan fingerprint density at radius 3 is 1.76 bits per heavy atom. The van der Waals surface area contributed by atoms with Crippen molar-refractivity contribution in [1.82, 2.24) is 0 Å². The van der Waals surface area contributed by atoms with Crippen molar-refractivity contribution in [2.24, 2.45) is 0 Å². The third kappa shape index (κ3) is 6.47. The topological polar surface area (TPSA) is 47.9 Å². The van der Waals surface area contributed by atoms with Crippen LogP contribution in [0.2, 0.25) is 0 Å². The molecule has 0 bridgehead atoms. The lowest BCUT2D eigenvalue weighted by atomic mass is 10.2. The van der Waals surface area contributed by atoms with Crippen LogP contribution in [0.25, 0.3) is 0 Å². The van der Waals surface area contributed by atoms with Crippen molar-refractivity contribution in [2.45, 2.75) is 19.3 Å². The van der Waals surface area contributed by atoms with E-state index in [9.17, 15) is 13.9 Å². The number of hydrogen-bond acceptors (Lipinski definition) is 4. The fraction of sp³-hybridized carbons (Fsp3) is 0.174. The van der Waals surface area contributed by atoms with Gasteiger partial charge in [-0.2, -0.15) is 0 Å². The average Bonchev–Trinajstić information content (AvgIpc) is 2.72. The maximum atomic E-state index is 13.1. The lowest BCUT2D eigenvalue weighted by Crippen LogP contribution is -2.13. The number of ether oxygens (including phenoxy) is 3. The summed E-state index contributed by atoms with van der Waals surface area (Å²) in [6.45, 7) is 3.93. The van der Waals surface area contributed by atoms with Crippen molar-refractivity contribution in [1.29, 1.82) is 0 Å². The predicted molar refractivity (Wildman–Crippen MR) is 105 cm³/mol. The molecule has 0 aromatic heterocycles. The van der Waals surface area contributed by atoms with Crippen molar-refractivity contribution >= 4 is 0 Å². The number of aliphatic hydroxyl groups is 1. The molecule has 0 aliphatic carbocycles. The van der Waals surface area contributed by atoms with Crippen LogP contribution in [0, 0.1) is 18.6 Å². The summed E-state index contributed by atoms with van der Waals surface area (Å²) in [6, 6.07) is 17.0. The van der Waals surface area contributed by atoms with Crippen LogP contribution in [-0.4, -0.2) is 17.8 Å². The van der Waals surface area contributed by atoms with E-state index in [1.807, 2.05) is 0 Å². The standard InChI is InChI=1S/C23H21F2O4/c1-16(26)13-27-21-10-11-22(28-14-17-2-6-19(24)7-3-17)23(12-21)29-15-18-4-8-20(25)9-5-18/h2-12,16,26H,1,13-15H2/t16-/m1/s1. The molecular formula is C23H21F2O4. The van der Waals surface area contributed by atoms with Crippen molar-refractivity contribution in [3.63, 3.8) is 0 Å². The maximum Gasteiger partial charge on any atom is 0.165 e. The lowest BCUT2D eigenvalue weighted by Gasteiger charge is -2.15. The Morgan fingerprint density at radius 2 is 1.24 bits per heavy atom. The molecule has 0 saturated heterocycles. The third-order valence-corrected chi connectivity index (χ3v) is 3.97. The van der Waals surface area contributed by atoms with E-state index < -0.39 is 6.10 Å². The molecule has 0 spiro atoms. The fourth-order valence-electron chi connectivity index (χ4n) is 2.49. The van der Waals surface area contributed by atoms with Gasteiger partial charge in [-0.25, -0.2) is 8.78 Å². The second-order valence-corrected chi connectivity index (χ2v) is 6.40. The molecule has 0 fully saturated rings. The van der Waals surface area contributed by atoms with Crippen LogP contribution in [0.15, 0.2) is 66.7 Å². The highest BCUT2D eigenvalue weighted by Gasteiger charge is 2.10. The normalized spacial score (nSPS) is 11.7. The first-order chi connectivity index (χ1) is 14.0. The molecule has 0 unspecified atom stereocenters. The van der Waals surface area contributed by atoms with Crippen molar-refractivity contribution < 1.29 is 28.1 Å². The summed E-state index contributed by atoms with van der Waals surface area (Å²) >= 11 is 0. The molecule has 3 rings (SSSR count). The van der Waals surface area contributed by atoms with Gasteiger partial charge in [-0.3, -0.25) is 0 Å². The Labute approximate surface area is 168 Å². The zero-order valence-corrected chi connectivity index (χ0v) is 15.7. The number of aliphatic hydroxyl groups excluding tert-OH is 1. The van der Waals surface area contributed by atoms with Crippen molar-refractivity contribution in [3.05, 3.63) is 96.4 Å². The number of rotatable bonds is 9. The Morgan fingerprint density at radius 1 is 0.724 bits per heavy atom. The van der Waals surface area contributed by atoms with Crippen LogP contribution in [0.5, 0.6) is 17.2 Å². The van der Waals surface area contributed by atoms with Gasteiger partial charge in [0.25, 0.3) is 0 Å². The summed E-state index contributed by atoms with van der Waals surface area (Å²) in [7, 11) is 0. The number of hydrogen-bond donors (Lipinski definition) is 1. The first kappa shape index (κ1) is 20.6. The van der Waals surface area contributed by atoms with Gasteiger partial charge >= 0.3 is 0 Å². The molecule has 1 atom stereocenters. The van der Waals surface area contributed by atoms with Gasteiger partial charge in [0.05, 0.1) is 6.10 Å². The predicted octanol–water partition coefficient (Wildman–Crippen LogP) is 4.70. The molecule has 29 heavy (non-hydrogen) atoms. The second-order valence-electron chi connectivity index (χ2n) is 6.40. The van der Waals surface area contributed by atoms with Crippen LogP contribution in [0.4, 0.5) is 8.78 Å². The minimum Gasteiger partial charge on any atom is -0.491 e. The molecule has 1 N–H and O–H groups in total. The van der Waals surface area contributed by atoms with Gasteiger partial charge in [0.1, 0.15) is 37.2 Å². The molecule has 6 heteroatoms. The summed E-state index contributed by atoms with van der Waals surface area (Å²) in [6.07, 6.45) is -0.854. The van der Waals surface area contributed by atoms with E-state index in [0.717, 1.165) is 11.1 Å². The van der Waals surface area contributed by atoms with E-state index in [1.165, 1.54) is 24.3 Å². The molecule has 4 nitrogen and oxygen atoms in total. The smallest absolute Gasteiger partial charge is 0.165 e. The van der Waals surface area contributed by atoms with Gasteiger partial charge < -0.3 is 19.3 Å². The highest BCUT2D eigenvalue weighted by molar-refractivity contribution is 5.46. The van der Waals surface area contributed by atoms with E-state index in [0.29, 0.717) is 17.2 Å². The second kappa shape index (κ2) is 9.89. The van der Waals surface area contributed by atoms with Gasteiger partial charge in [-0.05, 0) is 54.4 Å². The summed E-state index contributed by atoms with van der Waals surface area (Å²) in [5.74, 6) is 0.743. The van der Waals surface area contributed by atoms with E-state index in [4.69, 9.17) is 14.2 Å². The molecular weight excluding hydrogens is 378 g/mol. The minimum atomic E-state index is -0.854. The molecule has 0 amide bonds. The van der Waals surface area contributed by atoms with Crippen LogP contribution in [0.1, 0.15) is 11.1 Å². The lowest BCUT2D eigenvalue weighted by molar-refractivity contribution is 0.142. The van der Waals surface area contributed by atoms with E-state index in [2.05, 4.69) is 6.92 Å². The van der Waals surface area contributed by atoms with Gasteiger partial charge in [-0.1, -0.05) is 24.3 Å². The largest absolute Gasteiger partial charge is 0.491 e. The monoisotopic (exact) mass is 399 g/mol. The van der Waals surface area contributed by atoms with Crippen LogP contribution in [-0.2, 0) is 13.2 Å². The Kier molecular flexibility index (Phi) is 7.03. The van der Waals surface area contributed by atoms with Gasteiger partial charge in [0, 0.05) is 6.07 Å². The Bertz CT molecular complexity index is 909. The van der Waals surface area contributed by atoms with Gasteiger partial charge in [-0.15, -0.1) is 0 Å². The van der Waals surface area contributed by atoms with Crippen LogP contribution >= 0.6 is 0 Å². The highest BCUT2D eigenvalue weighted by atomic mass is 19.1. The van der Waals surface area contributed by atoms with Gasteiger partial charge in [0.2, 0.25) is 0 Å². The first-order valence-electron chi connectivity index (χ1n) is 9.02. The molecule has 3 aromatic carbocycles. The van der Waals surface area contributed by atoms with E-state index in [1.54, 1.807) is 42.5 Å². The quantitative estimate of drug-likeness (QED) is 0.567. The molecule has 0 saturated carbocycles. The summed E-state index contributed by atoms with van der Waals surface area (Å²) in [4.78, 5) is 0. The third-order valence-electron chi connectivity index (χ3n) is 3.97. The maximum absolute atomic E-state index is 13.1. The van der Waals surface area contributed by atoms with Crippen LogP contribution < -0.4 is 14.2 Å². The summed E-state index contributed by atoms with van der Waals surface area (Å²) < 4.78 is 43.3. The molecule has 1 radical (unpaired) electrons. The SMILES string of the molecule is [CH2][C@@H](O)COc1ccc(OCc2ccc(F)cc2)c(OCc2ccc(F)cc2)c1. The van der Waals surface area contributed by atoms with E-state index in [-0.39, 0.29) is 31.5 Å². The zero-order valence-electron chi connectivity index (χ0n) is 15.7. The molecule has 0 heterocycles.